The Morgan fingerprint density at radius 1 is 1.12 bits per heavy atom. The molecule has 4 rings (SSSR count). The van der Waals surface area contributed by atoms with E-state index in [0.717, 1.165) is 41.0 Å². The highest BCUT2D eigenvalue weighted by molar-refractivity contribution is 6.30. The number of carbonyl (C=O) groups excluding carboxylic acids is 1. The van der Waals surface area contributed by atoms with E-state index in [9.17, 15) is 4.79 Å². The van der Waals surface area contributed by atoms with Gasteiger partial charge in [0.1, 0.15) is 5.69 Å². The minimum Gasteiger partial charge on any atom is -0.346 e. The summed E-state index contributed by atoms with van der Waals surface area (Å²) in [5.74, 6) is 0.306. The van der Waals surface area contributed by atoms with Crippen LogP contribution in [-0.4, -0.2) is 39.6 Å². The minimum absolute atomic E-state index is 0.135. The number of nitrogens with one attached hydrogen (secondary N) is 1. The summed E-state index contributed by atoms with van der Waals surface area (Å²) < 4.78 is 0. The second-order valence-electron chi connectivity index (χ2n) is 6.61. The van der Waals surface area contributed by atoms with Crippen LogP contribution in [0.1, 0.15) is 24.5 Å². The van der Waals surface area contributed by atoms with Gasteiger partial charge in [-0.15, -0.1) is 0 Å². The Bertz CT molecular complexity index is 921. The second-order valence-corrected chi connectivity index (χ2v) is 7.05. The maximum Gasteiger partial charge on any atom is 0.222 e. The van der Waals surface area contributed by atoms with Crippen LogP contribution < -0.4 is 0 Å². The third-order valence-electron chi connectivity index (χ3n) is 4.95. The molecule has 0 radical (unpaired) electrons. The number of aromatic nitrogens is 3. The Labute approximate surface area is 157 Å². The lowest BCUT2D eigenvalue weighted by molar-refractivity contribution is -0.132. The van der Waals surface area contributed by atoms with Gasteiger partial charge < -0.3 is 4.90 Å². The van der Waals surface area contributed by atoms with Crippen molar-refractivity contribution >= 4 is 17.5 Å². The first kappa shape index (κ1) is 16.8. The third kappa shape index (κ3) is 3.10. The lowest BCUT2D eigenvalue weighted by atomic mass is 9.87. The number of benzene rings is 1. The van der Waals surface area contributed by atoms with E-state index in [1.807, 2.05) is 43.4 Å². The molecule has 1 aliphatic heterocycles. The Balaban J connectivity index is 1.82. The molecule has 2 aromatic heterocycles. The molecule has 3 heterocycles. The molecule has 0 spiro atoms. The van der Waals surface area contributed by atoms with Gasteiger partial charge in [-0.25, -0.2) is 0 Å². The van der Waals surface area contributed by atoms with Gasteiger partial charge in [-0.05, 0) is 36.2 Å². The number of hydrogen-bond acceptors (Lipinski definition) is 3. The molecule has 1 amide bonds. The van der Waals surface area contributed by atoms with Gasteiger partial charge in [0.2, 0.25) is 5.91 Å². The Morgan fingerprint density at radius 3 is 2.54 bits per heavy atom. The van der Waals surface area contributed by atoms with E-state index in [4.69, 9.17) is 11.6 Å². The van der Waals surface area contributed by atoms with Crippen LogP contribution in [0.5, 0.6) is 0 Å². The van der Waals surface area contributed by atoms with E-state index in [0.29, 0.717) is 11.4 Å². The molecule has 1 N–H and O–H groups in total. The van der Waals surface area contributed by atoms with Crippen LogP contribution in [0.15, 0.2) is 48.8 Å². The highest BCUT2D eigenvalue weighted by atomic mass is 35.5. The summed E-state index contributed by atoms with van der Waals surface area (Å²) in [5.41, 5.74) is 4.96. The maximum absolute atomic E-state index is 12.2. The largest absolute Gasteiger partial charge is 0.346 e. The number of pyridine rings is 1. The SMILES string of the molecule is CN1CCC(c2[nH]nc(-c3ccc(Cl)cc3)c2-c2ccncc2)CC1=O. The van der Waals surface area contributed by atoms with E-state index in [1.54, 1.807) is 17.3 Å². The fourth-order valence-corrected chi connectivity index (χ4v) is 3.59. The lowest BCUT2D eigenvalue weighted by Crippen LogP contribution is -2.35. The van der Waals surface area contributed by atoms with Crippen molar-refractivity contribution in [3.8, 4) is 22.4 Å². The molecule has 1 atom stereocenters. The molecule has 1 aliphatic rings. The molecule has 1 saturated heterocycles. The van der Waals surface area contributed by atoms with Gasteiger partial charge in [0.15, 0.2) is 0 Å². The number of carbonyl (C=O) groups is 1. The first-order valence-corrected chi connectivity index (χ1v) is 9.00. The monoisotopic (exact) mass is 366 g/mol. The maximum atomic E-state index is 12.2. The van der Waals surface area contributed by atoms with Crippen molar-refractivity contribution in [1.29, 1.82) is 0 Å². The van der Waals surface area contributed by atoms with Crippen LogP contribution in [0.4, 0.5) is 0 Å². The molecule has 26 heavy (non-hydrogen) atoms. The molecular formula is C20H19ClN4O. The zero-order valence-electron chi connectivity index (χ0n) is 14.4. The van der Waals surface area contributed by atoms with Gasteiger partial charge in [-0.1, -0.05) is 23.7 Å². The highest BCUT2D eigenvalue weighted by Crippen LogP contribution is 2.39. The molecule has 5 nitrogen and oxygen atoms in total. The van der Waals surface area contributed by atoms with Crippen molar-refractivity contribution in [3.63, 3.8) is 0 Å². The van der Waals surface area contributed by atoms with Crippen LogP contribution >= 0.6 is 11.6 Å². The number of hydrogen-bond donors (Lipinski definition) is 1. The fraction of sp³-hybridized carbons (Fsp3) is 0.250. The predicted octanol–water partition coefficient (Wildman–Crippen LogP) is 4.13. The van der Waals surface area contributed by atoms with Crippen LogP contribution in [0.3, 0.4) is 0 Å². The summed E-state index contributed by atoms with van der Waals surface area (Å²) >= 11 is 6.03. The van der Waals surface area contributed by atoms with Crippen molar-refractivity contribution in [3.05, 3.63) is 59.5 Å². The normalized spacial score (nSPS) is 17.5. The van der Waals surface area contributed by atoms with Crippen molar-refractivity contribution in [1.82, 2.24) is 20.1 Å². The van der Waals surface area contributed by atoms with E-state index in [2.05, 4.69) is 15.2 Å². The van der Waals surface area contributed by atoms with E-state index >= 15 is 0 Å². The molecule has 1 aromatic carbocycles. The molecule has 3 aromatic rings. The topological polar surface area (TPSA) is 61.9 Å². The second kappa shape index (κ2) is 6.92. The number of piperidine rings is 1. The first-order chi connectivity index (χ1) is 12.6. The molecular weight excluding hydrogens is 348 g/mol. The number of rotatable bonds is 3. The Kier molecular flexibility index (Phi) is 4.47. The predicted molar refractivity (Wildman–Crippen MR) is 102 cm³/mol. The quantitative estimate of drug-likeness (QED) is 0.758. The van der Waals surface area contributed by atoms with Gasteiger partial charge in [0.05, 0.1) is 0 Å². The average Bonchev–Trinajstić information content (AvgIpc) is 3.10. The lowest BCUT2D eigenvalue weighted by Gasteiger charge is -2.28. The van der Waals surface area contributed by atoms with Crippen LogP contribution in [0.2, 0.25) is 5.02 Å². The number of aromatic amines is 1. The van der Waals surface area contributed by atoms with Crippen LogP contribution in [-0.2, 0) is 4.79 Å². The summed E-state index contributed by atoms with van der Waals surface area (Å²) in [6.07, 6.45) is 4.97. The van der Waals surface area contributed by atoms with Gasteiger partial charge in [0, 0.05) is 60.2 Å². The molecule has 0 saturated carbocycles. The van der Waals surface area contributed by atoms with Gasteiger partial charge in [-0.2, -0.15) is 5.10 Å². The summed E-state index contributed by atoms with van der Waals surface area (Å²) in [6.45, 7) is 0.759. The highest BCUT2D eigenvalue weighted by Gasteiger charge is 2.29. The molecule has 0 aliphatic carbocycles. The first-order valence-electron chi connectivity index (χ1n) is 8.62. The molecule has 0 bridgehead atoms. The number of likely N-dealkylation sites (tertiary alicyclic amines) is 1. The number of amides is 1. The van der Waals surface area contributed by atoms with Gasteiger partial charge in [-0.3, -0.25) is 14.9 Å². The zero-order chi connectivity index (χ0) is 18.1. The third-order valence-corrected chi connectivity index (χ3v) is 5.20. The van der Waals surface area contributed by atoms with Crippen LogP contribution in [0.25, 0.3) is 22.4 Å². The Morgan fingerprint density at radius 2 is 1.85 bits per heavy atom. The summed E-state index contributed by atoms with van der Waals surface area (Å²) in [6, 6.07) is 11.6. The smallest absolute Gasteiger partial charge is 0.222 e. The van der Waals surface area contributed by atoms with Gasteiger partial charge >= 0.3 is 0 Å². The summed E-state index contributed by atoms with van der Waals surface area (Å²) in [4.78, 5) is 18.1. The van der Waals surface area contributed by atoms with Crippen molar-refractivity contribution in [2.45, 2.75) is 18.8 Å². The van der Waals surface area contributed by atoms with E-state index in [-0.39, 0.29) is 11.8 Å². The van der Waals surface area contributed by atoms with Crippen molar-refractivity contribution in [2.75, 3.05) is 13.6 Å². The zero-order valence-corrected chi connectivity index (χ0v) is 15.2. The number of nitrogens with zero attached hydrogens (tertiary/aromatic N) is 3. The summed E-state index contributed by atoms with van der Waals surface area (Å²) in [7, 11) is 1.86. The minimum atomic E-state index is 0.135. The Hall–Kier alpha value is -2.66. The van der Waals surface area contributed by atoms with Crippen LogP contribution in [0, 0.1) is 0 Å². The average molecular weight is 367 g/mol. The van der Waals surface area contributed by atoms with E-state index < -0.39 is 0 Å². The van der Waals surface area contributed by atoms with E-state index in [1.165, 1.54) is 0 Å². The summed E-state index contributed by atoms with van der Waals surface area (Å²) in [5, 5.41) is 8.51. The molecule has 1 fully saturated rings. The molecule has 6 heteroatoms. The fourth-order valence-electron chi connectivity index (χ4n) is 3.47. The standard InChI is InChI=1S/C20H19ClN4O/c1-25-11-8-15(12-17(25)26)20-18(13-6-9-22-10-7-13)19(23-24-20)14-2-4-16(21)5-3-14/h2-7,9-10,15H,8,11-12H2,1H3,(H,23,24). The van der Waals surface area contributed by atoms with Crippen molar-refractivity contribution < 1.29 is 4.79 Å². The molecule has 1 unspecified atom stereocenters. The number of H-pyrrole nitrogens is 1. The van der Waals surface area contributed by atoms with Crippen molar-refractivity contribution in [2.24, 2.45) is 0 Å². The molecule has 132 valence electrons. The number of halogens is 1. The van der Waals surface area contributed by atoms with Gasteiger partial charge in [0.25, 0.3) is 0 Å².